The van der Waals surface area contributed by atoms with Crippen LogP contribution in [-0.2, 0) is 5.41 Å². The van der Waals surface area contributed by atoms with Crippen molar-refractivity contribution >= 4 is 44.0 Å². The second-order valence-corrected chi connectivity index (χ2v) is 16.5. The van der Waals surface area contributed by atoms with Crippen LogP contribution in [0.1, 0.15) is 41.7 Å². The van der Waals surface area contributed by atoms with Crippen molar-refractivity contribution in [2.75, 3.05) is 0 Å². The lowest BCUT2D eigenvalue weighted by molar-refractivity contribution is 0.660. The quantitative estimate of drug-likeness (QED) is 0.117. The van der Waals surface area contributed by atoms with E-state index in [1.807, 2.05) is 0 Å². The van der Waals surface area contributed by atoms with E-state index in [1.165, 1.54) is 110 Å². The summed E-state index contributed by atoms with van der Waals surface area (Å²) in [7, 11) is 0. The molecule has 0 aromatic heterocycles. The smallest absolute Gasteiger partial charge is 0.0158 e. The maximum Gasteiger partial charge on any atom is 0.0158 e. The minimum atomic E-state index is -0.0535. The number of fused-ring (bicyclic) bond motifs is 6. The molecule has 11 rings (SSSR count). The molecule has 0 amide bonds. The van der Waals surface area contributed by atoms with Gasteiger partial charge in [0.2, 0.25) is 0 Å². The van der Waals surface area contributed by atoms with Gasteiger partial charge >= 0.3 is 0 Å². The van der Waals surface area contributed by atoms with Crippen molar-refractivity contribution in [2.24, 2.45) is 0 Å². The molecule has 10 aromatic carbocycles. The molecule has 0 atom stereocenters. The highest BCUT2D eigenvalue weighted by Crippen LogP contribution is 2.51. The molecular weight excluding hydrogens is 709 g/mol. The van der Waals surface area contributed by atoms with Gasteiger partial charge < -0.3 is 0 Å². The van der Waals surface area contributed by atoms with Crippen LogP contribution in [0.25, 0.3) is 88.5 Å². The zero-order valence-electron chi connectivity index (χ0n) is 33.3. The van der Waals surface area contributed by atoms with Crippen LogP contribution >= 0.6 is 0 Å². The first kappa shape index (κ1) is 34.9. The minimum absolute atomic E-state index is 0.0535. The molecule has 1 aliphatic rings. The third-order valence-corrected chi connectivity index (χ3v) is 12.6. The van der Waals surface area contributed by atoms with E-state index < -0.39 is 0 Å². The summed E-state index contributed by atoms with van der Waals surface area (Å²) in [6.45, 7) is 4.72. The Morgan fingerprint density at radius 3 is 1.68 bits per heavy atom. The van der Waals surface area contributed by atoms with Crippen molar-refractivity contribution in [3.8, 4) is 44.5 Å². The van der Waals surface area contributed by atoms with E-state index in [0.29, 0.717) is 0 Å². The van der Waals surface area contributed by atoms with Gasteiger partial charge in [-0.2, -0.15) is 0 Å². The molecule has 0 aliphatic heterocycles. The summed E-state index contributed by atoms with van der Waals surface area (Å²) < 4.78 is 0. The summed E-state index contributed by atoms with van der Waals surface area (Å²) in [5.74, 6) is 0. The van der Waals surface area contributed by atoms with Gasteiger partial charge in [0.05, 0.1) is 0 Å². The molecule has 0 saturated carbocycles. The molecule has 1 aliphatic carbocycles. The van der Waals surface area contributed by atoms with Crippen LogP contribution in [0.2, 0.25) is 0 Å². The molecule has 0 saturated heterocycles. The van der Waals surface area contributed by atoms with Crippen LogP contribution < -0.4 is 0 Å². The van der Waals surface area contributed by atoms with Crippen LogP contribution in [0.4, 0.5) is 0 Å². The molecule has 0 heteroatoms. The number of hydrogen-bond donors (Lipinski definition) is 0. The van der Waals surface area contributed by atoms with Gasteiger partial charge in [-0.05, 0) is 141 Å². The van der Waals surface area contributed by atoms with E-state index in [2.05, 4.69) is 232 Å². The van der Waals surface area contributed by atoms with Gasteiger partial charge in [-0.3, -0.25) is 0 Å². The molecule has 59 heavy (non-hydrogen) atoms. The summed E-state index contributed by atoms with van der Waals surface area (Å²) >= 11 is 0. The van der Waals surface area contributed by atoms with Crippen LogP contribution in [0, 0.1) is 0 Å². The van der Waals surface area contributed by atoms with Crippen LogP contribution in [-0.4, -0.2) is 0 Å². The van der Waals surface area contributed by atoms with Gasteiger partial charge in [0, 0.05) is 5.41 Å². The van der Waals surface area contributed by atoms with Gasteiger partial charge in [-0.25, -0.2) is 0 Å². The average molecular weight is 751 g/mol. The molecule has 0 unspecified atom stereocenters. The Labute approximate surface area is 346 Å². The SMILES string of the molecule is CC1(C)c2ccccc2-c2cc(-c3c4ccccc4c(-c4cccc(C=C(c5ccccc5)c5ccccc5)c4)c4ccc(-c5ccc6ccccc6c5)cc34)ccc21. The van der Waals surface area contributed by atoms with Gasteiger partial charge in [0.15, 0.2) is 0 Å². The van der Waals surface area contributed by atoms with E-state index >= 15 is 0 Å². The fourth-order valence-electron chi connectivity index (χ4n) is 9.74. The molecule has 0 N–H and O–H groups in total. The number of rotatable bonds is 6. The first-order chi connectivity index (χ1) is 29.0. The summed E-state index contributed by atoms with van der Waals surface area (Å²) in [6, 6.07) is 78.4. The predicted octanol–water partition coefficient (Wildman–Crippen LogP) is 16.0. The van der Waals surface area contributed by atoms with Crippen molar-refractivity contribution in [1.29, 1.82) is 0 Å². The summed E-state index contributed by atoms with van der Waals surface area (Å²) in [5.41, 5.74) is 17.6. The Morgan fingerprint density at radius 2 is 0.915 bits per heavy atom. The number of benzene rings is 10. The molecule has 0 bridgehead atoms. The zero-order chi connectivity index (χ0) is 39.5. The van der Waals surface area contributed by atoms with E-state index in [1.54, 1.807) is 0 Å². The zero-order valence-corrected chi connectivity index (χ0v) is 33.3. The lowest BCUT2D eigenvalue weighted by Gasteiger charge is -2.22. The van der Waals surface area contributed by atoms with Crippen molar-refractivity contribution in [3.05, 3.63) is 240 Å². The molecule has 0 fully saturated rings. The van der Waals surface area contributed by atoms with E-state index in [0.717, 1.165) is 0 Å². The lowest BCUT2D eigenvalue weighted by Crippen LogP contribution is -2.14. The Balaban J connectivity index is 1.17. The van der Waals surface area contributed by atoms with Gasteiger partial charge in [-0.15, -0.1) is 0 Å². The standard InChI is InChI=1S/C59H42/c1-59(2)55-27-14-13-24-48(55)53-38-47(31-33-56(53)59)58-50-26-12-11-25-49(50)57(51-32-30-45(37-54(51)58)44-29-28-40-17-9-10-22-43(40)36-44)46-23-15-16-39(34-46)35-52(41-18-5-3-6-19-41)42-20-7-4-8-21-42/h3-38H,1-2H3. The van der Waals surface area contributed by atoms with Gasteiger partial charge in [-0.1, -0.05) is 202 Å². The highest BCUT2D eigenvalue weighted by Gasteiger charge is 2.35. The first-order valence-corrected chi connectivity index (χ1v) is 20.7. The lowest BCUT2D eigenvalue weighted by atomic mass is 9.81. The van der Waals surface area contributed by atoms with Crippen LogP contribution in [0.5, 0.6) is 0 Å². The summed E-state index contributed by atoms with van der Waals surface area (Å²) in [4.78, 5) is 0. The maximum absolute atomic E-state index is 2.46. The average Bonchev–Trinajstić information content (AvgIpc) is 3.52. The Hall–Kier alpha value is -7.28. The fourth-order valence-corrected chi connectivity index (χ4v) is 9.74. The van der Waals surface area contributed by atoms with Crippen molar-refractivity contribution in [3.63, 3.8) is 0 Å². The van der Waals surface area contributed by atoms with Gasteiger partial charge in [0.1, 0.15) is 0 Å². The van der Waals surface area contributed by atoms with Gasteiger partial charge in [0.25, 0.3) is 0 Å². The largest absolute Gasteiger partial charge is 0.0622 e. The second-order valence-electron chi connectivity index (χ2n) is 16.5. The molecule has 0 heterocycles. The second kappa shape index (κ2) is 14.0. The van der Waals surface area contributed by atoms with Crippen molar-refractivity contribution < 1.29 is 0 Å². The van der Waals surface area contributed by atoms with Crippen molar-refractivity contribution in [2.45, 2.75) is 19.3 Å². The molecule has 278 valence electrons. The first-order valence-electron chi connectivity index (χ1n) is 20.7. The molecule has 0 radical (unpaired) electrons. The molecule has 10 aromatic rings. The third-order valence-electron chi connectivity index (χ3n) is 12.6. The molecular formula is C59H42. The Morgan fingerprint density at radius 1 is 0.356 bits per heavy atom. The third kappa shape index (κ3) is 5.91. The highest BCUT2D eigenvalue weighted by atomic mass is 14.4. The monoisotopic (exact) mass is 750 g/mol. The predicted molar refractivity (Wildman–Crippen MR) is 253 cm³/mol. The summed E-state index contributed by atoms with van der Waals surface area (Å²) in [5, 5.41) is 7.51. The van der Waals surface area contributed by atoms with E-state index in [-0.39, 0.29) is 5.41 Å². The Kier molecular flexibility index (Phi) is 8.27. The highest BCUT2D eigenvalue weighted by molar-refractivity contribution is 6.22. The van der Waals surface area contributed by atoms with Crippen LogP contribution in [0.3, 0.4) is 0 Å². The van der Waals surface area contributed by atoms with E-state index in [4.69, 9.17) is 0 Å². The summed E-state index contributed by atoms with van der Waals surface area (Å²) in [6.07, 6.45) is 2.34. The topological polar surface area (TPSA) is 0 Å². The normalized spacial score (nSPS) is 12.7. The minimum Gasteiger partial charge on any atom is -0.0622 e. The van der Waals surface area contributed by atoms with Crippen LogP contribution in [0.15, 0.2) is 212 Å². The molecule has 0 nitrogen and oxygen atoms in total. The fraction of sp³-hybridized carbons (Fsp3) is 0.0508. The Bertz CT molecular complexity index is 3230. The van der Waals surface area contributed by atoms with Crippen molar-refractivity contribution in [1.82, 2.24) is 0 Å². The molecule has 0 spiro atoms. The number of hydrogen-bond acceptors (Lipinski definition) is 0. The maximum atomic E-state index is 2.46. The van der Waals surface area contributed by atoms with E-state index in [9.17, 15) is 0 Å².